The van der Waals surface area contributed by atoms with Crippen LogP contribution in [-0.2, 0) is 17.8 Å². The Balaban J connectivity index is 1.42. The highest BCUT2D eigenvalue weighted by Crippen LogP contribution is 2.29. The summed E-state index contributed by atoms with van der Waals surface area (Å²) in [5, 5.41) is 9.38. The number of para-hydroxylation sites is 1. The number of hydrogen-bond acceptors (Lipinski definition) is 5. The zero-order valence-electron chi connectivity index (χ0n) is 17.7. The number of thiophene rings is 1. The van der Waals surface area contributed by atoms with Gasteiger partial charge < -0.3 is 9.88 Å². The van der Waals surface area contributed by atoms with Crippen LogP contribution in [0, 0.1) is 0 Å². The minimum absolute atomic E-state index is 0.306. The fraction of sp³-hybridized carbons (Fsp3) is 0.250. The van der Waals surface area contributed by atoms with Gasteiger partial charge in [-0.3, -0.25) is 9.59 Å². The van der Waals surface area contributed by atoms with Crippen LogP contribution < -0.4 is 10.9 Å². The zero-order valence-corrected chi connectivity index (χ0v) is 18.5. The lowest BCUT2D eigenvalue weighted by atomic mass is 10.1. The van der Waals surface area contributed by atoms with Gasteiger partial charge in [0.1, 0.15) is 17.6 Å². The number of carbonyl (C=O) groups is 1. The molecule has 0 aliphatic carbocycles. The highest BCUT2D eigenvalue weighted by atomic mass is 32.1. The Morgan fingerprint density at radius 3 is 2.78 bits per heavy atom. The van der Waals surface area contributed by atoms with E-state index in [0.717, 1.165) is 47.8 Å². The topological polar surface area (TPSA) is 81.8 Å². The van der Waals surface area contributed by atoms with Crippen molar-refractivity contribution in [3.8, 4) is 21.8 Å². The van der Waals surface area contributed by atoms with Crippen molar-refractivity contribution in [1.82, 2.24) is 19.3 Å². The minimum Gasteiger partial charge on any atom is -0.334 e. The summed E-state index contributed by atoms with van der Waals surface area (Å²) in [6.45, 7) is 2.66. The van der Waals surface area contributed by atoms with E-state index in [0.29, 0.717) is 11.4 Å². The number of anilines is 1. The number of carbonyl (C=O) groups excluding carboxylic acids is 1. The van der Waals surface area contributed by atoms with Crippen LogP contribution in [0.25, 0.3) is 21.8 Å². The molecule has 7 nitrogen and oxygen atoms in total. The van der Waals surface area contributed by atoms with Gasteiger partial charge in [0.25, 0.3) is 5.56 Å². The Labute approximate surface area is 189 Å². The average Bonchev–Trinajstić information content (AvgIpc) is 3.49. The molecule has 0 radical (unpaired) electrons. The molecule has 1 atom stereocenters. The molecule has 0 saturated carbocycles. The van der Waals surface area contributed by atoms with E-state index in [1.165, 1.54) is 22.1 Å². The molecule has 0 bridgehead atoms. The smallest absolute Gasteiger partial charge is 0.267 e. The van der Waals surface area contributed by atoms with Gasteiger partial charge in [0.2, 0.25) is 5.91 Å². The molecule has 1 aromatic carbocycles. The van der Waals surface area contributed by atoms with E-state index in [4.69, 9.17) is 4.98 Å². The maximum atomic E-state index is 13.1. The second-order valence-electron chi connectivity index (χ2n) is 7.88. The first-order valence-electron chi connectivity index (χ1n) is 10.7. The third-order valence-electron chi connectivity index (χ3n) is 5.71. The molecule has 1 aliphatic heterocycles. The van der Waals surface area contributed by atoms with E-state index in [9.17, 15) is 9.59 Å². The average molecular weight is 446 g/mol. The highest BCUT2D eigenvalue weighted by molar-refractivity contribution is 7.13. The van der Waals surface area contributed by atoms with Crippen molar-refractivity contribution in [2.45, 2.75) is 38.8 Å². The number of nitrogens with zero attached hydrogens (tertiary/aromatic N) is 4. The summed E-state index contributed by atoms with van der Waals surface area (Å²) in [6.07, 6.45) is 5.34. The van der Waals surface area contributed by atoms with Crippen molar-refractivity contribution >= 4 is 22.9 Å². The van der Waals surface area contributed by atoms with Crippen molar-refractivity contribution in [3.63, 3.8) is 0 Å². The van der Waals surface area contributed by atoms with Gasteiger partial charge >= 0.3 is 0 Å². The molecule has 1 unspecified atom stereocenters. The van der Waals surface area contributed by atoms with Gasteiger partial charge in [-0.15, -0.1) is 11.3 Å². The molecule has 4 aromatic rings. The van der Waals surface area contributed by atoms with Gasteiger partial charge in [0.15, 0.2) is 0 Å². The Kier molecular flexibility index (Phi) is 5.45. The Bertz CT molecular complexity index is 1300. The van der Waals surface area contributed by atoms with Crippen LogP contribution in [0.2, 0.25) is 0 Å². The molecule has 162 valence electrons. The third kappa shape index (κ3) is 3.89. The van der Waals surface area contributed by atoms with Crippen LogP contribution in [0.4, 0.5) is 5.69 Å². The molecule has 32 heavy (non-hydrogen) atoms. The first-order valence-corrected chi connectivity index (χ1v) is 11.6. The van der Waals surface area contributed by atoms with Crippen molar-refractivity contribution < 1.29 is 4.79 Å². The number of amides is 1. The summed E-state index contributed by atoms with van der Waals surface area (Å²) >= 11 is 1.54. The summed E-state index contributed by atoms with van der Waals surface area (Å²) in [4.78, 5) is 31.3. The first kappa shape index (κ1) is 20.4. The molecule has 3 aromatic heterocycles. The van der Waals surface area contributed by atoms with E-state index < -0.39 is 6.04 Å². The second-order valence-corrected chi connectivity index (χ2v) is 8.83. The van der Waals surface area contributed by atoms with Gasteiger partial charge in [-0.05, 0) is 43.3 Å². The number of hydrogen-bond donors (Lipinski definition) is 1. The number of aromatic nitrogens is 4. The van der Waals surface area contributed by atoms with Crippen molar-refractivity contribution in [1.29, 1.82) is 0 Å². The molecule has 8 heteroatoms. The van der Waals surface area contributed by atoms with Crippen LogP contribution in [0.5, 0.6) is 0 Å². The number of benzene rings is 1. The normalized spacial score (nSPS) is 14.0. The molecular weight excluding hydrogens is 422 g/mol. The number of imidazole rings is 1. The summed E-state index contributed by atoms with van der Waals surface area (Å²) in [5.41, 5.74) is 2.73. The van der Waals surface area contributed by atoms with Crippen LogP contribution in [0.15, 0.2) is 64.9 Å². The maximum Gasteiger partial charge on any atom is 0.267 e. The predicted molar refractivity (Wildman–Crippen MR) is 126 cm³/mol. The van der Waals surface area contributed by atoms with Crippen molar-refractivity contribution in [3.05, 3.63) is 76.3 Å². The lowest BCUT2D eigenvalue weighted by Crippen LogP contribution is -2.33. The Morgan fingerprint density at radius 1 is 1.09 bits per heavy atom. The van der Waals surface area contributed by atoms with Gasteiger partial charge in [0.05, 0.1) is 16.3 Å². The third-order valence-corrected chi connectivity index (χ3v) is 6.61. The van der Waals surface area contributed by atoms with E-state index in [1.807, 2.05) is 41.8 Å². The SMILES string of the molecule is CC(C(=O)Nc1ccccc1-c1cn2c(n1)CCCC2)n1nc(-c2cccs2)ccc1=O. The number of fused-ring (bicyclic) bond motifs is 1. The predicted octanol–water partition coefficient (Wildman–Crippen LogP) is 4.37. The lowest BCUT2D eigenvalue weighted by Gasteiger charge is -2.16. The van der Waals surface area contributed by atoms with E-state index in [2.05, 4.69) is 21.2 Å². The largest absolute Gasteiger partial charge is 0.334 e. The van der Waals surface area contributed by atoms with Gasteiger partial charge in [0, 0.05) is 30.8 Å². The van der Waals surface area contributed by atoms with E-state index in [-0.39, 0.29) is 11.5 Å². The maximum absolute atomic E-state index is 13.1. The lowest BCUT2D eigenvalue weighted by molar-refractivity contribution is -0.119. The number of nitrogens with one attached hydrogen (secondary N) is 1. The van der Waals surface area contributed by atoms with Gasteiger partial charge in [-0.1, -0.05) is 24.3 Å². The standard InChI is InChI=1S/C24H23N5O2S/c1-16(29-23(30)12-11-19(27-29)21-9-6-14-32-21)24(31)26-18-8-3-2-7-17(18)20-15-28-13-5-4-10-22(28)25-20/h2-3,6-9,11-12,14-16H,4-5,10,13H2,1H3,(H,26,31). The molecular formula is C24H23N5O2S. The highest BCUT2D eigenvalue weighted by Gasteiger charge is 2.21. The molecule has 0 spiro atoms. The van der Waals surface area contributed by atoms with Gasteiger partial charge in [-0.2, -0.15) is 5.10 Å². The molecule has 1 N–H and O–H groups in total. The molecule has 1 aliphatic rings. The Hall–Kier alpha value is -3.52. The summed E-state index contributed by atoms with van der Waals surface area (Å²) < 4.78 is 3.43. The van der Waals surface area contributed by atoms with Crippen LogP contribution >= 0.6 is 11.3 Å². The molecule has 4 heterocycles. The first-order chi connectivity index (χ1) is 15.6. The van der Waals surface area contributed by atoms with E-state index in [1.54, 1.807) is 13.0 Å². The fourth-order valence-electron chi connectivity index (χ4n) is 3.96. The number of aryl methyl sites for hydroxylation is 2. The minimum atomic E-state index is -0.773. The molecule has 0 fully saturated rings. The molecule has 0 saturated heterocycles. The van der Waals surface area contributed by atoms with Crippen molar-refractivity contribution in [2.75, 3.05) is 5.32 Å². The summed E-state index contributed by atoms with van der Waals surface area (Å²) in [7, 11) is 0. The van der Waals surface area contributed by atoms with Gasteiger partial charge in [-0.25, -0.2) is 9.67 Å². The van der Waals surface area contributed by atoms with E-state index >= 15 is 0 Å². The fourth-order valence-corrected chi connectivity index (χ4v) is 4.66. The second kappa shape index (κ2) is 8.55. The van der Waals surface area contributed by atoms with Crippen LogP contribution in [-0.4, -0.2) is 25.2 Å². The zero-order chi connectivity index (χ0) is 22.1. The Morgan fingerprint density at radius 2 is 1.97 bits per heavy atom. The van der Waals surface area contributed by atoms with Crippen LogP contribution in [0.1, 0.15) is 31.6 Å². The molecule has 1 amide bonds. The van der Waals surface area contributed by atoms with Crippen molar-refractivity contribution in [2.24, 2.45) is 0 Å². The number of rotatable bonds is 5. The quantitative estimate of drug-likeness (QED) is 0.495. The summed E-state index contributed by atoms with van der Waals surface area (Å²) in [5.74, 6) is 0.779. The molecule has 5 rings (SSSR count). The monoisotopic (exact) mass is 445 g/mol. The summed E-state index contributed by atoms with van der Waals surface area (Å²) in [6, 6.07) is 13.9. The van der Waals surface area contributed by atoms with Crippen LogP contribution in [0.3, 0.4) is 0 Å².